The zero-order valence-electron chi connectivity index (χ0n) is 16.9. The average molecular weight is 436 g/mol. The smallest absolute Gasteiger partial charge is 0.256 e. The summed E-state index contributed by atoms with van der Waals surface area (Å²) in [4.78, 5) is 28.9. The van der Waals surface area contributed by atoms with Crippen molar-refractivity contribution in [1.29, 1.82) is 5.26 Å². The van der Waals surface area contributed by atoms with Gasteiger partial charge in [0.25, 0.3) is 11.8 Å². The van der Waals surface area contributed by atoms with Gasteiger partial charge >= 0.3 is 0 Å². The summed E-state index contributed by atoms with van der Waals surface area (Å²) in [6.45, 7) is 1.40. The number of carbonyl (C=O) groups is 2. The molecule has 5 nitrogen and oxygen atoms in total. The molecule has 0 aromatic heterocycles. The summed E-state index contributed by atoms with van der Waals surface area (Å²) in [6, 6.07) is 13.4. The number of rotatable bonds is 4. The van der Waals surface area contributed by atoms with E-state index >= 15 is 0 Å². The molecule has 31 heavy (non-hydrogen) atoms. The van der Waals surface area contributed by atoms with Crippen LogP contribution in [0.15, 0.2) is 65.4 Å². The Morgan fingerprint density at radius 1 is 0.968 bits per heavy atom. The van der Waals surface area contributed by atoms with Crippen molar-refractivity contribution in [3.63, 3.8) is 0 Å². The summed E-state index contributed by atoms with van der Waals surface area (Å²) in [5, 5.41) is 13.3. The van der Waals surface area contributed by atoms with Gasteiger partial charge in [0.2, 0.25) is 0 Å². The number of thiol groups is 1. The Kier molecular flexibility index (Phi) is 6.19. The van der Waals surface area contributed by atoms with Gasteiger partial charge in [-0.25, -0.2) is 15.3 Å². The fraction of sp³-hybridized carbons (Fsp3) is 0.208. The number of hydrogen-bond acceptors (Lipinski definition) is 3. The van der Waals surface area contributed by atoms with Gasteiger partial charge in [-0.2, -0.15) is 5.26 Å². The van der Waals surface area contributed by atoms with E-state index in [-0.39, 0.29) is 28.3 Å². The van der Waals surface area contributed by atoms with Gasteiger partial charge < -0.3 is 9.80 Å². The van der Waals surface area contributed by atoms with E-state index in [1.54, 1.807) is 46.2 Å². The highest BCUT2D eigenvalue weighted by Gasteiger charge is 2.27. The second kappa shape index (κ2) is 9.19. The van der Waals surface area contributed by atoms with Gasteiger partial charge in [-0.1, -0.05) is 24.3 Å². The minimum atomic E-state index is -0.522. The molecule has 7 heteroatoms. The first-order valence-electron chi connectivity index (χ1n) is 10.0. The molecule has 2 aliphatic heterocycles. The van der Waals surface area contributed by atoms with Gasteiger partial charge in [0.05, 0.1) is 17.2 Å². The Morgan fingerprint density at radius 3 is 2.32 bits per heavy atom. The number of amides is 2. The Labute approximate surface area is 183 Å². The van der Waals surface area contributed by atoms with Crippen LogP contribution in [0.3, 0.4) is 0 Å². The Balaban J connectivity index is 1.41. The maximum absolute atomic E-state index is 14.4. The van der Waals surface area contributed by atoms with Crippen LogP contribution in [0.25, 0.3) is 0 Å². The molecule has 158 valence electrons. The number of carbonyl (C=O) groups excluding carboxylic acids is 2. The van der Waals surface area contributed by atoms with Gasteiger partial charge in [0.1, 0.15) is 5.82 Å². The van der Waals surface area contributed by atoms with Gasteiger partial charge in [-0.05, 0) is 46.7 Å². The van der Waals surface area contributed by atoms with Crippen molar-refractivity contribution in [3.05, 3.63) is 93.5 Å². The first kappa shape index (κ1) is 20.9. The van der Waals surface area contributed by atoms with Gasteiger partial charge in [-0.3, -0.25) is 9.59 Å². The third-order valence-corrected chi connectivity index (χ3v) is 7.23. The minimum Gasteiger partial charge on any atom is -0.335 e. The van der Waals surface area contributed by atoms with Crippen LogP contribution < -0.4 is 0 Å². The number of piperazine rings is 1. The number of hydrogen-bond donors (Lipinski definition) is 1. The van der Waals surface area contributed by atoms with Crippen molar-refractivity contribution in [3.8, 4) is 6.07 Å². The van der Waals surface area contributed by atoms with Crippen LogP contribution in [0.1, 0.15) is 31.8 Å². The van der Waals surface area contributed by atoms with Crippen molar-refractivity contribution in [2.75, 3.05) is 26.2 Å². The van der Waals surface area contributed by atoms with Gasteiger partial charge in [0.15, 0.2) is 0 Å². The maximum Gasteiger partial charge on any atom is 0.256 e. The number of nitrogens with zero attached hydrogens (tertiary/aromatic N) is 3. The van der Waals surface area contributed by atoms with Crippen molar-refractivity contribution in [1.82, 2.24) is 9.80 Å². The highest BCUT2D eigenvalue weighted by atomic mass is 32.2. The SMILES string of the molecule is N#Cc1cccc(C(=O)N2CCN(C(=O)c3cc(C[SH]4C=CC=C4)ccc3F)CC2)c1. The van der Waals surface area contributed by atoms with E-state index in [4.69, 9.17) is 5.26 Å². The van der Waals surface area contributed by atoms with Crippen LogP contribution in [-0.4, -0.2) is 47.8 Å². The molecule has 4 rings (SSSR count). The molecule has 0 spiro atoms. The molecule has 0 saturated carbocycles. The molecule has 2 amide bonds. The Morgan fingerprint density at radius 2 is 1.65 bits per heavy atom. The number of benzene rings is 2. The normalized spacial score (nSPS) is 16.5. The van der Waals surface area contributed by atoms with E-state index in [9.17, 15) is 14.0 Å². The van der Waals surface area contributed by atoms with Crippen molar-refractivity contribution < 1.29 is 14.0 Å². The monoisotopic (exact) mass is 435 g/mol. The number of allylic oxidation sites excluding steroid dienone is 2. The molecule has 1 saturated heterocycles. The first-order chi connectivity index (χ1) is 15.0. The first-order valence-corrected chi connectivity index (χ1v) is 11.7. The van der Waals surface area contributed by atoms with E-state index in [2.05, 4.69) is 10.8 Å². The molecule has 1 fully saturated rings. The molecule has 2 aromatic rings. The molecular weight excluding hydrogens is 413 g/mol. The van der Waals surface area contributed by atoms with E-state index in [0.717, 1.165) is 11.3 Å². The summed E-state index contributed by atoms with van der Waals surface area (Å²) in [5.74, 6) is -0.251. The predicted molar refractivity (Wildman–Crippen MR) is 120 cm³/mol. The lowest BCUT2D eigenvalue weighted by Gasteiger charge is -2.35. The lowest BCUT2D eigenvalue weighted by molar-refractivity contribution is 0.0532. The number of halogens is 1. The van der Waals surface area contributed by atoms with Crippen molar-refractivity contribution in [2.45, 2.75) is 5.75 Å². The molecule has 2 aromatic carbocycles. The molecule has 0 aliphatic carbocycles. The third kappa shape index (κ3) is 4.70. The average Bonchev–Trinajstić information content (AvgIpc) is 3.32. The lowest BCUT2D eigenvalue weighted by Crippen LogP contribution is -2.50. The number of nitriles is 1. The van der Waals surface area contributed by atoms with Crippen molar-refractivity contribution >= 4 is 22.7 Å². The molecule has 2 aliphatic rings. The van der Waals surface area contributed by atoms with Crippen LogP contribution in [0, 0.1) is 17.1 Å². The van der Waals surface area contributed by atoms with E-state index in [0.29, 0.717) is 37.3 Å². The molecule has 0 radical (unpaired) electrons. The van der Waals surface area contributed by atoms with E-state index in [1.807, 2.05) is 18.2 Å². The van der Waals surface area contributed by atoms with Crippen LogP contribution in [0.5, 0.6) is 0 Å². The molecule has 0 atom stereocenters. The third-order valence-electron chi connectivity index (χ3n) is 5.39. The van der Waals surface area contributed by atoms with Crippen molar-refractivity contribution in [2.24, 2.45) is 0 Å². The quantitative estimate of drug-likeness (QED) is 0.743. The van der Waals surface area contributed by atoms with Crippen LogP contribution in [-0.2, 0) is 5.75 Å². The standard InChI is InChI=1S/C24H22FN3O2S/c25-22-7-6-19(17-31-12-1-2-13-31)15-21(22)24(30)28-10-8-27(9-11-28)23(29)20-5-3-4-18(14-20)16-26/h1-7,12-15,31H,8-11,17H2. The Bertz CT molecular complexity index is 1100. The molecule has 0 N–H and O–H groups in total. The largest absolute Gasteiger partial charge is 0.335 e. The van der Waals surface area contributed by atoms with E-state index < -0.39 is 5.82 Å². The summed E-state index contributed by atoms with van der Waals surface area (Å²) >= 11 is 0. The lowest BCUT2D eigenvalue weighted by atomic mass is 10.1. The molecule has 2 heterocycles. The minimum absolute atomic E-state index is 0.0844. The zero-order chi connectivity index (χ0) is 21.8. The van der Waals surface area contributed by atoms with Crippen LogP contribution >= 0.6 is 10.9 Å². The van der Waals surface area contributed by atoms with Gasteiger partial charge in [-0.15, -0.1) is 0 Å². The highest BCUT2D eigenvalue weighted by Crippen LogP contribution is 2.36. The van der Waals surface area contributed by atoms with E-state index in [1.165, 1.54) is 6.07 Å². The fourth-order valence-corrected chi connectivity index (χ4v) is 5.28. The topological polar surface area (TPSA) is 64.4 Å². The fourth-order valence-electron chi connectivity index (χ4n) is 3.71. The second-order valence-electron chi connectivity index (χ2n) is 7.45. The maximum atomic E-state index is 14.4. The van der Waals surface area contributed by atoms with Crippen LogP contribution in [0.4, 0.5) is 4.39 Å². The highest BCUT2D eigenvalue weighted by molar-refractivity contribution is 8.21. The second-order valence-corrected chi connectivity index (χ2v) is 9.39. The molecular formula is C24H22FN3O2S. The molecule has 0 unspecified atom stereocenters. The predicted octanol–water partition coefficient (Wildman–Crippen LogP) is 3.84. The summed E-state index contributed by atoms with van der Waals surface area (Å²) in [6.07, 6.45) is 4.03. The van der Waals surface area contributed by atoms with Gasteiger partial charge in [0, 0.05) is 37.5 Å². The van der Waals surface area contributed by atoms with Crippen LogP contribution in [0.2, 0.25) is 0 Å². The summed E-state index contributed by atoms with van der Waals surface area (Å²) < 4.78 is 14.4. The summed E-state index contributed by atoms with van der Waals surface area (Å²) in [7, 11) is -0.389. The summed E-state index contributed by atoms with van der Waals surface area (Å²) in [5.41, 5.74) is 1.91. The molecule has 0 bridgehead atoms. The zero-order valence-corrected chi connectivity index (χ0v) is 17.8. The Hall–Kier alpha value is -3.37.